The molecule has 4 heteroatoms. The zero-order valence-electron chi connectivity index (χ0n) is 13.8. The van der Waals surface area contributed by atoms with Crippen molar-refractivity contribution in [2.75, 3.05) is 26.8 Å². The third-order valence-corrected chi connectivity index (χ3v) is 5.23. The van der Waals surface area contributed by atoms with Gasteiger partial charge >= 0.3 is 0 Å². The standard InChI is InChI=1S/C18H28N2O2/c1-3-14-6-4-5-9-20(14)11-13-12-22-17-8-7-15(21-2)10-16(17)18(13)19/h7-8,10,13-14,18H,3-6,9,11-12,19H2,1-2H3. The number of benzene rings is 1. The summed E-state index contributed by atoms with van der Waals surface area (Å²) in [4.78, 5) is 2.63. The van der Waals surface area contributed by atoms with E-state index >= 15 is 0 Å². The molecule has 122 valence electrons. The van der Waals surface area contributed by atoms with Crippen LogP contribution in [-0.2, 0) is 0 Å². The Kier molecular flexibility index (Phi) is 4.89. The average Bonchev–Trinajstić information content (AvgIpc) is 2.57. The lowest BCUT2D eigenvalue weighted by Crippen LogP contribution is -2.46. The van der Waals surface area contributed by atoms with Gasteiger partial charge in [-0.1, -0.05) is 13.3 Å². The second-order valence-corrected chi connectivity index (χ2v) is 6.55. The van der Waals surface area contributed by atoms with Crippen molar-refractivity contribution in [3.63, 3.8) is 0 Å². The molecule has 2 aliphatic heterocycles. The van der Waals surface area contributed by atoms with E-state index < -0.39 is 0 Å². The molecular weight excluding hydrogens is 276 g/mol. The first kappa shape index (κ1) is 15.6. The van der Waals surface area contributed by atoms with Gasteiger partial charge in [-0.25, -0.2) is 0 Å². The lowest BCUT2D eigenvalue weighted by atomic mass is 9.89. The Bertz CT molecular complexity index is 506. The second-order valence-electron chi connectivity index (χ2n) is 6.55. The molecule has 0 aliphatic carbocycles. The molecule has 0 saturated carbocycles. The monoisotopic (exact) mass is 304 g/mol. The summed E-state index contributed by atoms with van der Waals surface area (Å²) in [5.74, 6) is 2.12. The van der Waals surface area contributed by atoms with E-state index in [1.807, 2.05) is 18.2 Å². The molecular formula is C18H28N2O2. The number of hydrogen-bond acceptors (Lipinski definition) is 4. The number of ether oxygens (including phenoxy) is 2. The van der Waals surface area contributed by atoms with E-state index in [-0.39, 0.29) is 6.04 Å². The first-order valence-electron chi connectivity index (χ1n) is 8.53. The fourth-order valence-electron chi connectivity index (χ4n) is 3.83. The maximum atomic E-state index is 6.56. The molecule has 1 saturated heterocycles. The van der Waals surface area contributed by atoms with Gasteiger partial charge in [0.25, 0.3) is 0 Å². The van der Waals surface area contributed by atoms with Crippen molar-refractivity contribution in [2.24, 2.45) is 11.7 Å². The van der Waals surface area contributed by atoms with Crippen molar-refractivity contribution in [3.05, 3.63) is 23.8 Å². The highest BCUT2D eigenvalue weighted by Gasteiger charge is 2.32. The van der Waals surface area contributed by atoms with Crippen LogP contribution in [0.4, 0.5) is 0 Å². The molecule has 2 heterocycles. The average molecular weight is 304 g/mol. The van der Waals surface area contributed by atoms with Crippen LogP contribution in [0.1, 0.15) is 44.2 Å². The molecule has 4 nitrogen and oxygen atoms in total. The van der Waals surface area contributed by atoms with Crippen LogP contribution in [0.15, 0.2) is 18.2 Å². The zero-order chi connectivity index (χ0) is 15.5. The number of rotatable bonds is 4. The highest BCUT2D eigenvalue weighted by atomic mass is 16.5. The number of fused-ring (bicyclic) bond motifs is 1. The maximum Gasteiger partial charge on any atom is 0.124 e. The Labute approximate surface area is 133 Å². The number of methoxy groups -OCH3 is 1. The molecule has 0 bridgehead atoms. The van der Waals surface area contributed by atoms with E-state index in [1.165, 1.54) is 32.2 Å². The van der Waals surface area contributed by atoms with Gasteiger partial charge in [-0.2, -0.15) is 0 Å². The first-order chi connectivity index (χ1) is 10.7. The van der Waals surface area contributed by atoms with Gasteiger partial charge in [0, 0.05) is 30.1 Å². The Balaban J connectivity index is 1.73. The first-order valence-corrected chi connectivity index (χ1v) is 8.53. The highest BCUT2D eigenvalue weighted by molar-refractivity contribution is 5.43. The van der Waals surface area contributed by atoms with Gasteiger partial charge in [0.2, 0.25) is 0 Å². The van der Waals surface area contributed by atoms with Crippen LogP contribution in [0.25, 0.3) is 0 Å². The van der Waals surface area contributed by atoms with Gasteiger partial charge in [0.1, 0.15) is 11.5 Å². The summed E-state index contributed by atoms with van der Waals surface area (Å²) >= 11 is 0. The summed E-state index contributed by atoms with van der Waals surface area (Å²) in [5, 5.41) is 0. The second kappa shape index (κ2) is 6.88. The number of nitrogens with two attached hydrogens (primary N) is 1. The van der Waals surface area contributed by atoms with Gasteiger partial charge in [-0.3, -0.25) is 4.90 Å². The topological polar surface area (TPSA) is 47.7 Å². The van der Waals surface area contributed by atoms with Crippen LogP contribution in [0.3, 0.4) is 0 Å². The van der Waals surface area contributed by atoms with Gasteiger partial charge < -0.3 is 15.2 Å². The lowest BCUT2D eigenvalue weighted by molar-refractivity contribution is 0.0850. The summed E-state index contributed by atoms with van der Waals surface area (Å²) in [6.07, 6.45) is 5.23. The summed E-state index contributed by atoms with van der Waals surface area (Å²) in [6, 6.07) is 6.68. The SMILES string of the molecule is CCC1CCCCN1CC1COc2ccc(OC)cc2C1N. The van der Waals surface area contributed by atoms with Crippen LogP contribution in [0.2, 0.25) is 0 Å². The third-order valence-electron chi connectivity index (χ3n) is 5.23. The molecule has 22 heavy (non-hydrogen) atoms. The van der Waals surface area contributed by atoms with E-state index in [2.05, 4.69) is 11.8 Å². The summed E-state index contributed by atoms with van der Waals surface area (Å²) in [5.41, 5.74) is 7.64. The lowest BCUT2D eigenvalue weighted by Gasteiger charge is -2.40. The highest BCUT2D eigenvalue weighted by Crippen LogP contribution is 2.37. The molecule has 0 spiro atoms. The van der Waals surface area contributed by atoms with Gasteiger partial charge in [0.15, 0.2) is 0 Å². The van der Waals surface area contributed by atoms with Crippen molar-refractivity contribution in [1.82, 2.24) is 4.90 Å². The van der Waals surface area contributed by atoms with Crippen molar-refractivity contribution in [2.45, 2.75) is 44.7 Å². The quantitative estimate of drug-likeness (QED) is 0.929. The fourth-order valence-corrected chi connectivity index (χ4v) is 3.83. The van der Waals surface area contributed by atoms with Crippen LogP contribution < -0.4 is 15.2 Å². The summed E-state index contributed by atoms with van der Waals surface area (Å²) in [7, 11) is 1.69. The molecule has 0 amide bonds. The van der Waals surface area contributed by atoms with E-state index in [4.69, 9.17) is 15.2 Å². The molecule has 2 N–H and O–H groups in total. The Morgan fingerprint density at radius 3 is 3.00 bits per heavy atom. The maximum absolute atomic E-state index is 6.56. The molecule has 3 rings (SSSR count). The molecule has 2 aliphatic rings. The van der Waals surface area contributed by atoms with E-state index in [0.717, 1.165) is 23.6 Å². The smallest absolute Gasteiger partial charge is 0.124 e. The molecule has 1 aromatic carbocycles. The van der Waals surface area contributed by atoms with Gasteiger partial charge in [0.05, 0.1) is 13.7 Å². The molecule has 1 aromatic rings. The molecule has 3 atom stereocenters. The Hall–Kier alpha value is -1.26. The summed E-state index contributed by atoms with van der Waals surface area (Å²) in [6.45, 7) is 5.25. The van der Waals surface area contributed by atoms with Gasteiger partial charge in [-0.15, -0.1) is 0 Å². The van der Waals surface area contributed by atoms with Crippen molar-refractivity contribution in [3.8, 4) is 11.5 Å². The van der Waals surface area contributed by atoms with Gasteiger partial charge in [-0.05, 0) is 44.0 Å². The predicted octanol–water partition coefficient (Wildman–Crippen LogP) is 2.97. The molecule has 0 aromatic heterocycles. The van der Waals surface area contributed by atoms with Crippen molar-refractivity contribution in [1.29, 1.82) is 0 Å². The minimum Gasteiger partial charge on any atom is -0.497 e. The molecule has 3 unspecified atom stereocenters. The number of likely N-dealkylation sites (tertiary alicyclic amines) is 1. The van der Waals surface area contributed by atoms with E-state index in [0.29, 0.717) is 18.6 Å². The van der Waals surface area contributed by atoms with Crippen LogP contribution >= 0.6 is 0 Å². The third kappa shape index (κ3) is 3.08. The fraction of sp³-hybridized carbons (Fsp3) is 0.667. The minimum absolute atomic E-state index is 0.0262. The van der Waals surface area contributed by atoms with E-state index in [1.54, 1.807) is 7.11 Å². The Morgan fingerprint density at radius 1 is 1.36 bits per heavy atom. The van der Waals surface area contributed by atoms with E-state index in [9.17, 15) is 0 Å². The van der Waals surface area contributed by atoms with Crippen molar-refractivity contribution < 1.29 is 9.47 Å². The van der Waals surface area contributed by atoms with Crippen LogP contribution in [-0.4, -0.2) is 37.7 Å². The van der Waals surface area contributed by atoms with Crippen LogP contribution in [0.5, 0.6) is 11.5 Å². The number of piperidine rings is 1. The minimum atomic E-state index is 0.0262. The normalized spacial score (nSPS) is 28.8. The number of nitrogens with zero attached hydrogens (tertiary/aromatic N) is 1. The van der Waals surface area contributed by atoms with Crippen LogP contribution in [0, 0.1) is 5.92 Å². The molecule has 1 fully saturated rings. The largest absolute Gasteiger partial charge is 0.497 e. The predicted molar refractivity (Wildman–Crippen MR) is 88.4 cm³/mol. The number of hydrogen-bond donors (Lipinski definition) is 1. The Morgan fingerprint density at radius 2 is 2.23 bits per heavy atom. The van der Waals surface area contributed by atoms with Crippen molar-refractivity contribution >= 4 is 0 Å². The molecule has 0 radical (unpaired) electrons. The zero-order valence-corrected chi connectivity index (χ0v) is 13.8. The summed E-state index contributed by atoms with van der Waals surface area (Å²) < 4.78 is 11.3.